The van der Waals surface area contributed by atoms with Crippen LogP contribution in [0.3, 0.4) is 0 Å². The quantitative estimate of drug-likeness (QED) is 0.359. The Bertz CT molecular complexity index is 1040. The number of nitriles is 1. The van der Waals surface area contributed by atoms with Crippen molar-refractivity contribution in [3.05, 3.63) is 59.1 Å². The summed E-state index contributed by atoms with van der Waals surface area (Å²) < 4.78 is 22.7. The summed E-state index contributed by atoms with van der Waals surface area (Å²) in [6.07, 6.45) is 1.26. The van der Waals surface area contributed by atoms with E-state index in [2.05, 4.69) is 15.3 Å². The van der Waals surface area contributed by atoms with Crippen LogP contribution in [0.2, 0.25) is 0 Å². The van der Waals surface area contributed by atoms with Gasteiger partial charge in [-0.15, -0.1) is 6.54 Å². The van der Waals surface area contributed by atoms with Crippen molar-refractivity contribution in [2.45, 2.75) is 31.8 Å². The Hall–Kier alpha value is -3.39. The number of pyridine rings is 2. The van der Waals surface area contributed by atoms with Crippen LogP contribution in [-0.2, 0) is 14.2 Å². The highest BCUT2D eigenvalue weighted by Crippen LogP contribution is 2.33. The van der Waals surface area contributed by atoms with Crippen molar-refractivity contribution in [1.29, 1.82) is 5.26 Å². The first-order valence-corrected chi connectivity index (χ1v) is 9.51. The van der Waals surface area contributed by atoms with Gasteiger partial charge in [0.2, 0.25) is 6.03 Å². The molecule has 0 aliphatic heterocycles. The third-order valence-electron chi connectivity index (χ3n) is 4.58. The highest BCUT2D eigenvalue weighted by molar-refractivity contribution is 5.95. The second-order valence-electron chi connectivity index (χ2n) is 6.56. The number of ether oxygens (including phenoxy) is 4. The predicted octanol–water partition coefficient (Wildman–Crippen LogP) is 2.30. The number of rotatable bonds is 8. The zero-order valence-corrected chi connectivity index (χ0v) is 17.7. The maximum atomic E-state index is 12.8. The van der Waals surface area contributed by atoms with Gasteiger partial charge in [-0.1, -0.05) is 12.4 Å². The Balaban J connectivity index is 1.85. The molecular formula is C21H23N5O5-2. The van der Waals surface area contributed by atoms with Crippen LogP contribution >= 0.6 is 0 Å². The number of carbonyl (C=O) groups is 1. The molecule has 164 valence electrons. The summed E-state index contributed by atoms with van der Waals surface area (Å²) in [4.78, 5) is 21.3. The van der Waals surface area contributed by atoms with Gasteiger partial charge in [0.05, 0.1) is 12.3 Å². The van der Waals surface area contributed by atoms with Crippen LogP contribution in [0, 0.1) is 17.9 Å². The molecule has 2 aromatic rings. The number of methoxy groups -OCH3 is 3. The third-order valence-corrected chi connectivity index (χ3v) is 4.58. The SMILES string of the molecule is C[CH-][N+](C(=O)[N-]c1cc(OC2CC2OC)c(C#N)cn1)=c1cc[cH-]c(C(OC)OC)n1. The molecule has 0 N–H and O–H groups in total. The zero-order valence-electron chi connectivity index (χ0n) is 17.7. The molecule has 10 heteroatoms. The summed E-state index contributed by atoms with van der Waals surface area (Å²) in [7, 11) is 4.60. The fraction of sp³-hybridized carbons (Fsp3) is 0.381. The molecule has 2 unspecified atom stereocenters. The van der Waals surface area contributed by atoms with E-state index >= 15 is 0 Å². The molecule has 0 radical (unpaired) electrons. The summed E-state index contributed by atoms with van der Waals surface area (Å²) in [6.45, 7) is 3.23. The van der Waals surface area contributed by atoms with Gasteiger partial charge in [0, 0.05) is 39.5 Å². The number of hydrogen-bond donors (Lipinski definition) is 0. The van der Waals surface area contributed by atoms with Crippen molar-refractivity contribution in [2.24, 2.45) is 0 Å². The number of carbonyl (C=O) groups excluding carboxylic acids is 1. The molecule has 0 spiro atoms. The first kappa shape index (κ1) is 22.3. The summed E-state index contributed by atoms with van der Waals surface area (Å²) in [5.41, 5.74) is 1.11. The fourth-order valence-electron chi connectivity index (χ4n) is 2.89. The lowest BCUT2D eigenvalue weighted by Crippen LogP contribution is -2.34. The van der Waals surface area contributed by atoms with E-state index in [1.807, 2.05) is 6.07 Å². The lowest BCUT2D eigenvalue weighted by atomic mass is 10.3. The van der Waals surface area contributed by atoms with Gasteiger partial charge in [0.25, 0.3) is 0 Å². The van der Waals surface area contributed by atoms with Crippen LogP contribution in [0.4, 0.5) is 10.6 Å². The minimum absolute atomic E-state index is 0.00621. The van der Waals surface area contributed by atoms with Crippen molar-refractivity contribution in [3.8, 4) is 11.8 Å². The number of aromatic nitrogens is 2. The van der Waals surface area contributed by atoms with Crippen molar-refractivity contribution in [2.75, 3.05) is 21.3 Å². The molecule has 0 saturated heterocycles. The average Bonchev–Trinajstić information content (AvgIpc) is 3.54. The van der Waals surface area contributed by atoms with Crippen molar-refractivity contribution in [3.63, 3.8) is 0 Å². The second kappa shape index (κ2) is 10.1. The molecule has 2 amide bonds. The first-order valence-electron chi connectivity index (χ1n) is 9.51. The molecule has 10 nitrogen and oxygen atoms in total. The fourth-order valence-corrected chi connectivity index (χ4v) is 2.89. The maximum Gasteiger partial charge on any atom is 0.237 e. The molecule has 0 bridgehead atoms. The molecule has 0 aromatic carbocycles. The molecule has 1 saturated carbocycles. The molecule has 2 aromatic heterocycles. The Kier molecular flexibility index (Phi) is 7.25. The van der Waals surface area contributed by atoms with Crippen LogP contribution in [-0.4, -0.2) is 49.5 Å². The molecule has 1 aliphatic carbocycles. The third kappa shape index (κ3) is 5.21. The van der Waals surface area contributed by atoms with Gasteiger partial charge in [0.1, 0.15) is 29.3 Å². The number of nitrogens with zero attached hydrogens (tertiary/aromatic N) is 5. The smallest absolute Gasteiger partial charge is 0.237 e. The Morgan fingerprint density at radius 1 is 1.39 bits per heavy atom. The van der Waals surface area contributed by atoms with E-state index < -0.39 is 12.3 Å². The summed E-state index contributed by atoms with van der Waals surface area (Å²) >= 11 is 0. The van der Waals surface area contributed by atoms with E-state index in [4.69, 9.17) is 18.9 Å². The van der Waals surface area contributed by atoms with E-state index in [0.717, 1.165) is 6.42 Å². The van der Waals surface area contributed by atoms with Gasteiger partial charge in [-0.25, -0.2) is 22.4 Å². The van der Waals surface area contributed by atoms with Gasteiger partial charge in [-0.3, -0.25) is 0 Å². The summed E-state index contributed by atoms with van der Waals surface area (Å²) in [5, 5.41) is 13.3. The van der Waals surface area contributed by atoms with Gasteiger partial charge >= 0.3 is 0 Å². The maximum absolute atomic E-state index is 12.8. The molecule has 1 fully saturated rings. The van der Waals surface area contributed by atoms with Gasteiger partial charge in [-0.05, 0) is 0 Å². The number of amides is 2. The molecule has 2 heterocycles. The van der Waals surface area contributed by atoms with Gasteiger partial charge in [-0.2, -0.15) is 11.3 Å². The largest absolute Gasteiger partial charge is 0.486 e. The van der Waals surface area contributed by atoms with Gasteiger partial charge in [0.15, 0.2) is 6.29 Å². The zero-order chi connectivity index (χ0) is 22.4. The lowest BCUT2D eigenvalue weighted by Gasteiger charge is -2.23. The average molecular weight is 425 g/mol. The Labute approximate surface area is 180 Å². The van der Waals surface area contributed by atoms with E-state index in [1.165, 1.54) is 31.1 Å². The lowest BCUT2D eigenvalue weighted by molar-refractivity contribution is -0.108. The Morgan fingerprint density at radius 2 is 2.16 bits per heavy atom. The first-order chi connectivity index (χ1) is 15.0. The highest BCUT2D eigenvalue weighted by Gasteiger charge is 2.40. The van der Waals surface area contributed by atoms with Crippen LogP contribution in [0.15, 0.2) is 30.5 Å². The number of hydrogen-bond acceptors (Lipinski definition) is 8. The van der Waals surface area contributed by atoms with Gasteiger partial charge < -0.3 is 33.3 Å². The molecule has 2 atom stereocenters. The minimum atomic E-state index is -0.663. The van der Waals surface area contributed by atoms with E-state index in [-0.39, 0.29) is 23.6 Å². The normalized spacial score (nSPS) is 18.2. The van der Waals surface area contributed by atoms with E-state index in [0.29, 0.717) is 16.9 Å². The molecule has 1 aliphatic rings. The predicted molar refractivity (Wildman–Crippen MR) is 109 cm³/mol. The van der Waals surface area contributed by atoms with Crippen molar-refractivity contribution < 1.29 is 23.7 Å². The highest BCUT2D eigenvalue weighted by atomic mass is 16.7. The van der Waals surface area contributed by atoms with Crippen molar-refractivity contribution in [1.82, 2.24) is 14.5 Å². The van der Waals surface area contributed by atoms with E-state index in [1.54, 1.807) is 38.8 Å². The number of urea groups is 1. The standard InChI is InChI=1S/C21H24N5O5/c1-5-26(19-8-6-7-14(24-19)20(29-3)30-4)21(27)25-18-10-15(13(11-22)12-23-18)31-17-9-16(17)28-2/h5-8,10,12,16-17,20H,9H2,1-4H3,(H,23,25,27)/q-1/p-1. The molecule has 3 rings (SSSR count). The van der Waals surface area contributed by atoms with E-state index in [9.17, 15) is 10.1 Å². The summed E-state index contributed by atoms with van der Waals surface area (Å²) in [5.74, 6) is 0.423. The second-order valence-corrected chi connectivity index (χ2v) is 6.56. The van der Waals surface area contributed by atoms with Crippen LogP contribution < -0.4 is 14.8 Å². The molecular weight excluding hydrogens is 402 g/mol. The monoisotopic (exact) mass is 425 g/mol. The Morgan fingerprint density at radius 3 is 2.77 bits per heavy atom. The molecule has 31 heavy (non-hydrogen) atoms. The van der Waals surface area contributed by atoms with Crippen LogP contribution in [0.25, 0.3) is 5.32 Å². The topological polar surface area (TPSA) is 121 Å². The summed E-state index contributed by atoms with van der Waals surface area (Å²) in [6, 6.07) is 8.01. The van der Waals surface area contributed by atoms with Crippen LogP contribution in [0.1, 0.15) is 30.9 Å². The van der Waals surface area contributed by atoms with Crippen molar-refractivity contribution >= 4 is 11.8 Å². The van der Waals surface area contributed by atoms with Crippen LogP contribution in [0.5, 0.6) is 5.75 Å². The minimum Gasteiger partial charge on any atom is -0.486 e.